The van der Waals surface area contributed by atoms with Gasteiger partial charge in [-0.3, -0.25) is 5.43 Å². The molecule has 0 spiro atoms. The van der Waals surface area contributed by atoms with Crippen LogP contribution in [0.25, 0.3) is 0 Å². The Bertz CT molecular complexity index is 339. The number of nitrogens with one attached hydrogen (secondary N) is 2. The molecule has 0 aromatic carbocycles. The first kappa shape index (κ1) is 10.6. The molecule has 1 aliphatic rings. The molecule has 1 heterocycles. The van der Waals surface area contributed by atoms with Crippen molar-refractivity contribution in [1.82, 2.24) is 9.97 Å². The maximum atomic E-state index is 5.24. The first-order chi connectivity index (χ1) is 7.29. The molecule has 1 aromatic rings. The molecule has 1 aliphatic carbocycles. The van der Waals surface area contributed by atoms with Crippen molar-refractivity contribution in [1.29, 1.82) is 0 Å². The Hall–Kier alpha value is -0.880. The zero-order valence-electron chi connectivity index (χ0n) is 8.33. The molecule has 5 nitrogen and oxygen atoms in total. The van der Waals surface area contributed by atoms with Crippen LogP contribution >= 0.6 is 15.9 Å². The van der Waals surface area contributed by atoms with Gasteiger partial charge in [0.25, 0.3) is 0 Å². The highest BCUT2D eigenvalue weighted by Crippen LogP contribution is 2.32. The van der Waals surface area contributed by atoms with E-state index < -0.39 is 0 Å². The van der Waals surface area contributed by atoms with Gasteiger partial charge in [-0.1, -0.05) is 12.8 Å². The molecule has 0 atom stereocenters. The topological polar surface area (TPSA) is 75.9 Å². The van der Waals surface area contributed by atoms with Crippen molar-refractivity contribution in [2.45, 2.75) is 19.3 Å². The third kappa shape index (κ3) is 3.04. The molecular weight excluding hydrogens is 258 g/mol. The van der Waals surface area contributed by atoms with Crippen LogP contribution in [0.5, 0.6) is 0 Å². The number of rotatable bonds is 5. The second kappa shape index (κ2) is 4.76. The summed E-state index contributed by atoms with van der Waals surface area (Å²) in [6.07, 6.45) is 5.65. The molecule has 0 radical (unpaired) electrons. The van der Waals surface area contributed by atoms with E-state index in [9.17, 15) is 0 Å². The second-order valence-electron chi connectivity index (χ2n) is 3.69. The van der Waals surface area contributed by atoms with Crippen molar-refractivity contribution in [3.8, 4) is 0 Å². The highest BCUT2D eigenvalue weighted by atomic mass is 79.9. The molecule has 15 heavy (non-hydrogen) atoms. The van der Waals surface area contributed by atoms with Gasteiger partial charge in [-0.2, -0.15) is 4.98 Å². The summed E-state index contributed by atoms with van der Waals surface area (Å²) in [7, 11) is 0. The fourth-order valence-corrected chi connectivity index (χ4v) is 1.69. The Labute approximate surface area is 97.0 Å². The summed E-state index contributed by atoms with van der Waals surface area (Å²) in [5, 5.41) is 3.27. The summed E-state index contributed by atoms with van der Waals surface area (Å²) < 4.78 is 0.859. The normalized spacial score (nSPS) is 15.1. The van der Waals surface area contributed by atoms with Crippen LogP contribution in [0.3, 0.4) is 0 Å². The van der Waals surface area contributed by atoms with E-state index in [1.165, 1.54) is 19.3 Å². The van der Waals surface area contributed by atoms with E-state index in [0.717, 1.165) is 22.8 Å². The predicted molar refractivity (Wildman–Crippen MR) is 63.4 cm³/mol. The smallest absolute Gasteiger partial charge is 0.239 e. The third-order valence-electron chi connectivity index (χ3n) is 2.42. The number of hydrogen-bond donors (Lipinski definition) is 3. The van der Waals surface area contributed by atoms with Crippen LogP contribution in [0.4, 0.5) is 11.8 Å². The molecule has 1 saturated carbocycles. The first-order valence-corrected chi connectivity index (χ1v) is 5.82. The summed E-state index contributed by atoms with van der Waals surface area (Å²) in [6, 6.07) is 0. The Kier molecular flexibility index (Phi) is 3.37. The molecule has 1 fully saturated rings. The minimum Gasteiger partial charge on any atom is -0.369 e. The zero-order chi connectivity index (χ0) is 10.7. The van der Waals surface area contributed by atoms with Crippen LogP contribution in [0.1, 0.15) is 19.3 Å². The minimum atomic E-state index is 0.423. The van der Waals surface area contributed by atoms with E-state index in [4.69, 9.17) is 5.84 Å². The Morgan fingerprint density at radius 3 is 3.00 bits per heavy atom. The number of hydrazine groups is 1. The fraction of sp³-hybridized carbons (Fsp3) is 0.556. The zero-order valence-corrected chi connectivity index (χ0v) is 9.92. The Morgan fingerprint density at radius 1 is 1.53 bits per heavy atom. The van der Waals surface area contributed by atoms with Crippen LogP contribution in [0.2, 0.25) is 0 Å². The number of nitrogens with zero attached hydrogens (tertiary/aromatic N) is 2. The Balaban J connectivity index is 1.92. The maximum Gasteiger partial charge on any atom is 0.239 e. The van der Waals surface area contributed by atoms with Crippen LogP contribution in [0, 0.1) is 5.92 Å². The molecule has 0 saturated heterocycles. The lowest BCUT2D eigenvalue weighted by Crippen LogP contribution is -2.12. The van der Waals surface area contributed by atoms with E-state index in [2.05, 4.69) is 36.6 Å². The molecule has 4 N–H and O–H groups in total. The number of anilines is 2. The highest BCUT2D eigenvalue weighted by molar-refractivity contribution is 9.10. The van der Waals surface area contributed by atoms with Crippen molar-refractivity contribution in [3.05, 3.63) is 10.7 Å². The second-order valence-corrected chi connectivity index (χ2v) is 4.55. The van der Waals surface area contributed by atoms with Gasteiger partial charge in [0.1, 0.15) is 5.82 Å². The summed E-state index contributed by atoms with van der Waals surface area (Å²) in [6.45, 7) is 0.949. The van der Waals surface area contributed by atoms with Gasteiger partial charge in [0.2, 0.25) is 5.95 Å². The molecule has 0 amide bonds. The lowest BCUT2D eigenvalue weighted by Gasteiger charge is -2.07. The SMILES string of the molecule is NNc1ncc(Br)c(NCCC2CC2)n1. The molecular formula is C9H14BrN5. The van der Waals surface area contributed by atoms with Crippen LogP contribution in [-0.2, 0) is 0 Å². The van der Waals surface area contributed by atoms with Gasteiger partial charge < -0.3 is 5.32 Å². The van der Waals surface area contributed by atoms with Crippen LogP contribution in [0.15, 0.2) is 10.7 Å². The van der Waals surface area contributed by atoms with Crippen molar-refractivity contribution < 1.29 is 0 Å². The molecule has 2 rings (SSSR count). The number of hydrogen-bond acceptors (Lipinski definition) is 5. The fourth-order valence-electron chi connectivity index (χ4n) is 1.36. The Morgan fingerprint density at radius 2 is 2.33 bits per heavy atom. The summed E-state index contributed by atoms with van der Waals surface area (Å²) in [5.74, 6) is 7.37. The highest BCUT2D eigenvalue weighted by Gasteiger charge is 2.20. The van der Waals surface area contributed by atoms with E-state index in [0.29, 0.717) is 5.95 Å². The largest absolute Gasteiger partial charge is 0.369 e. The van der Waals surface area contributed by atoms with Gasteiger partial charge >= 0.3 is 0 Å². The standard InChI is InChI=1S/C9H14BrN5/c10-7-5-13-9(15-11)14-8(7)12-4-3-6-1-2-6/h5-6H,1-4,11H2,(H2,12,13,14,15). The molecule has 82 valence electrons. The van der Waals surface area contributed by atoms with E-state index in [-0.39, 0.29) is 0 Å². The monoisotopic (exact) mass is 271 g/mol. The molecule has 6 heteroatoms. The van der Waals surface area contributed by atoms with Gasteiger partial charge in [-0.15, -0.1) is 0 Å². The van der Waals surface area contributed by atoms with Crippen molar-refractivity contribution in [2.75, 3.05) is 17.3 Å². The van der Waals surface area contributed by atoms with E-state index in [1.807, 2.05) is 0 Å². The number of nitrogens with two attached hydrogens (primary N) is 1. The maximum absolute atomic E-state index is 5.24. The van der Waals surface area contributed by atoms with Crippen LogP contribution < -0.4 is 16.6 Å². The third-order valence-corrected chi connectivity index (χ3v) is 3.00. The summed E-state index contributed by atoms with van der Waals surface area (Å²) in [4.78, 5) is 8.18. The molecule has 1 aromatic heterocycles. The first-order valence-electron chi connectivity index (χ1n) is 5.02. The lowest BCUT2D eigenvalue weighted by atomic mass is 10.3. The average molecular weight is 272 g/mol. The van der Waals surface area contributed by atoms with Gasteiger partial charge in [-0.25, -0.2) is 10.8 Å². The molecule has 0 bridgehead atoms. The summed E-state index contributed by atoms with van der Waals surface area (Å²) >= 11 is 3.39. The number of halogens is 1. The average Bonchev–Trinajstić information content (AvgIpc) is 3.05. The van der Waals surface area contributed by atoms with Crippen molar-refractivity contribution in [3.63, 3.8) is 0 Å². The van der Waals surface area contributed by atoms with Gasteiger partial charge in [-0.05, 0) is 28.3 Å². The van der Waals surface area contributed by atoms with Gasteiger partial charge in [0.15, 0.2) is 0 Å². The van der Waals surface area contributed by atoms with Gasteiger partial charge in [0, 0.05) is 12.7 Å². The van der Waals surface area contributed by atoms with Crippen LogP contribution in [-0.4, -0.2) is 16.5 Å². The summed E-state index contributed by atoms with van der Waals surface area (Å²) in [5.41, 5.74) is 2.42. The predicted octanol–water partition coefficient (Wildman–Crippen LogP) is 1.74. The number of aromatic nitrogens is 2. The van der Waals surface area contributed by atoms with Gasteiger partial charge in [0.05, 0.1) is 4.47 Å². The minimum absolute atomic E-state index is 0.423. The lowest BCUT2D eigenvalue weighted by molar-refractivity contribution is 0.757. The van der Waals surface area contributed by atoms with Crippen molar-refractivity contribution >= 4 is 27.7 Å². The van der Waals surface area contributed by atoms with E-state index >= 15 is 0 Å². The van der Waals surface area contributed by atoms with Crippen molar-refractivity contribution in [2.24, 2.45) is 11.8 Å². The number of nitrogen functional groups attached to an aromatic ring is 1. The molecule has 0 unspecified atom stereocenters. The molecule has 0 aliphatic heterocycles. The van der Waals surface area contributed by atoms with E-state index in [1.54, 1.807) is 6.20 Å². The quantitative estimate of drug-likeness (QED) is 0.562.